The number of halogens is 4. The van der Waals surface area contributed by atoms with Gasteiger partial charge in [0.2, 0.25) is 0 Å². The molecule has 0 unspecified atom stereocenters. The van der Waals surface area contributed by atoms with Gasteiger partial charge in [-0.25, -0.2) is 0 Å². The van der Waals surface area contributed by atoms with Gasteiger partial charge >= 0.3 is 6.36 Å². The summed E-state index contributed by atoms with van der Waals surface area (Å²) in [5, 5.41) is 8.89. The summed E-state index contributed by atoms with van der Waals surface area (Å²) < 4.78 is 39.1. The third-order valence-electron chi connectivity index (χ3n) is 1.14. The number of hydrogen-bond donors (Lipinski definition) is 1. The van der Waals surface area contributed by atoms with Gasteiger partial charge in [-0.15, -0.1) is 13.2 Å². The van der Waals surface area contributed by atoms with E-state index in [1.54, 1.807) is 22.6 Å². The molecule has 6 heteroatoms. The van der Waals surface area contributed by atoms with Gasteiger partial charge in [-0.3, -0.25) is 0 Å². The predicted molar refractivity (Wildman–Crippen MR) is 47.5 cm³/mol. The van der Waals surface area contributed by atoms with E-state index in [2.05, 4.69) is 4.74 Å². The van der Waals surface area contributed by atoms with Crippen molar-refractivity contribution in [2.75, 3.05) is 0 Å². The van der Waals surface area contributed by atoms with Crippen LogP contribution in [0.4, 0.5) is 13.2 Å². The van der Waals surface area contributed by atoms with Gasteiger partial charge in [0.15, 0.2) is 0 Å². The fraction of sp³-hybridized carbons (Fsp3) is 0.143. The van der Waals surface area contributed by atoms with Crippen LogP contribution in [0.2, 0.25) is 0 Å². The maximum Gasteiger partial charge on any atom is 0.573 e. The summed E-state index contributed by atoms with van der Waals surface area (Å²) in [6.07, 6.45) is -4.70. The molecular formula is C7H4F3IO2. The Bertz CT molecular complexity index is 311. The van der Waals surface area contributed by atoms with Crippen molar-refractivity contribution < 1.29 is 23.0 Å². The van der Waals surface area contributed by atoms with Gasteiger partial charge in [0.25, 0.3) is 0 Å². The van der Waals surface area contributed by atoms with E-state index in [0.717, 1.165) is 12.1 Å². The molecule has 2 nitrogen and oxygen atoms in total. The van der Waals surface area contributed by atoms with Gasteiger partial charge in [-0.2, -0.15) is 0 Å². The molecule has 0 spiro atoms. The molecule has 0 aromatic heterocycles. The van der Waals surface area contributed by atoms with E-state index in [1.807, 2.05) is 0 Å². The van der Waals surface area contributed by atoms with Crippen LogP contribution in [0.15, 0.2) is 18.2 Å². The van der Waals surface area contributed by atoms with E-state index in [0.29, 0.717) is 0 Å². The van der Waals surface area contributed by atoms with Gasteiger partial charge in [-0.1, -0.05) is 0 Å². The molecule has 0 amide bonds. The third kappa shape index (κ3) is 3.29. The Kier molecular flexibility index (Phi) is 2.89. The zero-order valence-electron chi connectivity index (χ0n) is 6.10. The minimum Gasteiger partial charge on any atom is -0.508 e. The van der Waals surface area contributed by atoms with E-state index in [9.17, 15) is 13.2 Å². The zero-order chi connectivity index (χ0) is 10.1. The highest BCUT2D eigenvalue weighted by Crippen LogP contribution is 2.29. The Morgan fingerprint density at radius 2 is 1.92 bits per heavy atom. The number of aromatic hydroxyl groups is 1. The number of hydrogen-bond acceptors (Lipinski definition) is 2. The summed E-state index contributed by atoms with van der Waals surface area (Å²) in [5.74, 6) is -0.412. The van der Waals surface area contributed by atoms with Crippen molar-refractivity contribution in [2.45, 2.75) is 6.36 Å². The first-order valence-electron chi connectivity index (χ1n) is 3.13. The first-order valence-corrected chi connectivity index (χ1v) is 4.20. The molecule has 1 aromatic rings. The first kappa shape index (κ1) is 10.4. The number of ether oxygens (including phenoxy) is 1. The van der Waals surface area contributed by atoms with Gasteiger partial charge in [-0.05, 0) is 40.8 Å². The van der Waals surface area contributed by atoms with Crippen LogP contribution >= 0.6 is 22.6 Å². The van der Waals surface area contributed by atoms with E-state index in [4.69, 9.17) is 5.11 Å². The van der Waals surface area contributed by atoms with Crippen LogP contribution in [0.3, 0.4) is 0 Å². The van der Waals surface area contributed by atoms with Crippen LogP contribution in [0, 0.1) is 3.57 Å². The van der Waals surface area contributed by atoms with Crippen LogP contribution in [0.25, 0.3) is 0 Å². The molecule has 0 aliphatic carbocycles. The average Bonchev–Trinajstić information content (AvgIpc) is 1.93. The van der Waals surface area contributed by atoms with E-state index in [-0.39, 0.29) is 15.1 Å². The molecule has 1 aromatic carbocycles. The minimum atomic E-state index is -4.70. The lowest BCUT2D eigenvalue weighted by molar-refractivity contribution is -0.275. The maximum absolute atomic E-state index is 11.7. The highest BCUT2D eigenvalue weighted by Gasteiger charge is 2.31. The number of benzene rings is 1. The fourth-order valence-electron chi connectivity index (χ4n) is 0.697. The molecule has 0 radical (unpaired) electrons. The summed E-state index contributed by atoms with van der Waals surface area (Å²) in [6.45, 7) is 0. The van der Waals surface area contributed by atoms with Crippen LogP contribution in [-0.4, -0.2) is 11.5 Å². The highest BCUT2D eigenvalue weighted by atomic mass is 127. The van der Waals surface area contributed by atoms with Crippen molar-refractivity contribution in [2.24, 2.45) is 0 Å². The van der Waals surface area contributed by atoms with E-state index in [1.165, 1.54) is 6.07 Å². The Labute approximate surface area is 85.5 Å². The van der Waals surface area contributed by atoms with Crippen LogP contribution in [0.1, 0.15) is 0 Å². The van der Waals surface area contributed by atoms with Gasteiger partial charge in [0, 0.05) is 0 Å². The number of phenols is 1. The molecule has 0 fully saturated rings. The van der Waals surface area contributed by atoms with Crippen LogP contribution < -0.4 is 4.74 Å². The van der Waals surface area contributed by atoms with Crippen molar-refractivity contribution >= 4 is 22.6 Å². The summed E-state index contributed by atoms with van der Waals surface area (Å²) in [6, 6.07) is 3.37. The monoisotopic (exact) mass is 304 g/mol. The molecule has 0 saturated carbocycles. The topological polar surface area (TPSA) is 29.5 Å². The van der Waals surface area contributed by atoms with Crippen LogP contribution in [-0.2, 0) is 0 Å². The molecule has 0 aliphatic rings. The standard InChI is InChI=1S/C7H4F3IO2/c8-7(9,10)13-6-2-1-4(12)3-5(6)11/h1-3,12H. The quantitative estimate of drug-likeness (QED) is 0.808. The Balaban J connectivity index is 2.90. The first-order chi connectivity index (χ1) is 5.88. The molecule has 0 atom stereocenters. The second-order valence-corrected chi connectivity index (χ2v) is 3.32. The molecule has 0 saturated heterocycles. The predicted octanol–water partition coefficient (Wildman–Crippen LogP) is 2.90. The smallest absolute Gasteiger partial charge is 0.508 e. The molecule has 0 heterocycles. The molecule has 72 valence electrons. The Hall–Kier alpha value is -0.660. The zero-order valence-corrected chi connectivity index (χ0v) is 8.26. The lowest BCUT2D eigenvalue weighted by atomic mass is 10.3. The normalized spacial score (nSPS) is 11.4. The molecule has 13 heavy (non-hydrogen) atoms. The van der Waals surface area contributed by atoms with Crippen molar-refractivity contribution in [3.8, 4) is 11.5 Å². The van der Waals surface area contributed by atoms with Crippen molar-refractivity contribution in [1.82, 2.24) is 0 Å². The summed E-state index contributed by atoms with van der Waals surface area (Å²) in [4.78, 5) is 0. The second kappa shape index (κ2) is 3.60. The largest absolute Gasteiger partial charge is 0.573 e. The number of rotatable bonds is 1. The van der Waals surface area contributed by atoms with Gasteiger partial charge < -0.3 is 9.84 Å². The number of phenolic OH excluding ortho intramolecular Hbond substituents is 1. The lowest BCUT2D eigenvalue weighted by Crippen LogP contribution is -2.17. The molecule has 1 rings (SSSR count). The van der Waals surface area contributed by atoms with Crippen molar-refractivity contribution in [1.29, 1.82) is 0 Å². The Morgan fingerprint density at radius 1 is 1.31 bits per heavy atom. The Morgan fingerprint density at radius 3 is 2.38 bits per heavy atom. The molecular weight excluding hydrogens is 300 g/mol. The summed E-state index contributed by atoms with van der Waals surface area (Å²) in [5.41, 5.74) is 0. The maximum atomic E-state index is 11.7. The summed E-state index contributed by atoms with van der Waals surface area (Å²) >= 11 is 1.64. The summed E-state index contributed by atoms with van der Waals surface area (Å²) in [7, 11) is 0. The van der Waals surface area contributed by atoms with Gasteiger partial charge in [0.05, 0.1) is 3.57 Å². The van der Waals surface area contributed by atoms with E-state index >= 15 is 0 Å². The lowest BCUT2D eigenvalue weighted by Gasteiger charge is -2.10. The molecule has 1 N–H and O–H groups in total. The molecule has 0 aliphatic heterocycles. The van der Waals surface area contributed by atoms with Crippen molar-refractivity contribution in [3.05, 3.63) is 21.8 Å². The van der Waals surface area contributed by atoms with E-state index < -0.39 is 6.36 Å². The van der Waals surface area contributed by atoms with Crippen LogP contribution in [0.5, 0.6) is 11.5 Å². The number of alkyl halides is 3. The second-order valence-electron chi connectivity index (χ2n) is 2.16. The third-order valence-corrected chi connectivity index (χ3v) is 1.98. The SMILES string of the molecule is Oc1ccc(OC(F)(F)F)c(I)c1. The highest BCUT2D eigenvalue weighted by molar-refractivity contribution is 14.1. The van der Waals surface area contributed by atoms with Crippen molar-refractivity contribution in [3.63, 3.8) is 0 Å². The van der Waals surface area contributed by atoms with Gasteiger partial charge in [0.1, 0.15) is 11.5 Å². The minimum absolute atomic E-state index is 0.0982. The molecule has 0 bridgehead atoms. The average molecular weight is 304 g/mol. The fourth-order valence-corrected chi connectivity index (χ4v) is 1.31.